The quantitative estimate of drug-likeness (QED) is 0.832. The largest absolute Gasteiger partial charge is 0.490 e. The summed E-state index contributed by atoms with van der Waals surface area (Å²) in [5, 5.41) is 2.78. The van der Waals surface area contributed by atoms with Crippen LogP contribution in [0, 0.1) is 5.82 Å². The fraction of sp³-hybridized carbons (Fsp3) is 0.235. The predicted octanol–water partition coefficient (Wildman–Crippen LogP) is 2.75. The number of ether oxygens (including phenoxy) is 3. The van der Waals surface area contributed by atoms with Gasteiger partial charge in [0.15, 0.2) is 23.1 Å². The van der Waals surface area contributed by atoms with Crippen LogP contribution in [0.3, 0.4) is 0 Å². The molecular formula is C17H16FNO4. The van der Waals surface area contributed by atoms with E-state index in [0.717, 1.165) is 0 Å². The molecule has 0 radical (unpaired) electrons. The standard InChI is InChI=1S/C17H16FNO4/c18-13-4-1-2-5-14(13)21-9-3-8-19-17(20)12-6-7-15-16(10-12)23-11-22-15/h1-2,4-7,10H,3,8-9,11H2,(H,19,20). The van der Waals surface area contributed by atoms with Crippen molar-refractivity contribution in [1.82, 2.24) is 5.32 Å². The number of halogens is 1. The number of amides is 1. The van der Waals surface area contributed by atoms with Gasteiger partial charge in [0.25, 0.3) is 5.91 Å². The van der Waals surface area contributed by atoms with Crippen LogP contribution in [-0.4, -0.2) is 25.9 Å². The van der Waals surface area contributed by atoms with Crippen LogP contribution in [0.5, 0.6) is 17.2 Å². The minimum atomic E-state index is -0.392. The first-order valence-corrected chi connectivity index (χ1v) is 7.29. The fourth-order valence-electron chi connectivity index (χ4n) is 2.16. The smallest absolute Gasteiger partial charge is 0.251 e. The van der Waals surface area contributed by atoms with Gasteiger partial charge in [-0.2, -0.15) is 0 Å². The lowest BCUT2D eigenvalue weighted by atomic mass is 10.2. The van der Waals surface area contributed by atoms with Gasteiger partial charge in [-0.3, -0.25) is 4.79 Å². The van der Waals surface area contributed by atoms with Crippen LogP contribution in [0.2, 0.25) is 0 Å². The van der Waals surface area contributed by atoms with E-state index in [1.165, 1.54) is 6.07 Å². The van der Waals surface area contributed by atoms with Gasteiger partial charge in [0.1, 0.15) is 0 Å². The topological polar surface area (TPSA) is 56.8 Å². The van der Waals surface area contributed by atoms with Gasteiger partial charge in [-0.25, -0.2) is 4.39 Å². The van der Waals surface area contributed by atoms with E-state index >= 15 is 0 Å². The fourth-order valence-corrected chi connectivity index (χ4v) is 2.16. The minimum Gasteiger partial charge on any atom is -0.490 e. The van der Waals surface area contributed by atoms with Crippen molar-refractivity contribution in [1.29, 1.82) is 0 Å². The molecule has 1 heterocycles. The van der Waals surface area contributed by atoms with E-state index in [0.29, 0.717) is 36.6 Å². The van der Waals surface area contributed by atoms with Crippen molar-refractivity contribution in [3.8, 4) is 17.2 Å². The molecule has 2 aromatic rings. The maximum atomic E-state index is 13.3. The lowest BCUT2D eigenvalue weighted by molar-refractivity contribution is 0.0951. The summed E-state index contributed by atoms with van der Waals surface area (Å²) in [5.41, 5.74) is 0.504. The van der Waals surface area contributed by atoms with Crippen molar-refractivity contribution in [2.24, 2.45) is 0 Å². The Morgan fingerprint density at radius 2 is 2.00 bits per heavy atom. The van der Waals surface area contributed by atoms with Crippen LogP contribution < -0.4 is 19.5 Å². The Balaban J connectivity index is 1.42. The first-order chi connectivity index (χ1) is 11.2. The molecule has 0 saturated carbocycles. The van der Waals surface area contributed by atoms with E-state index in [1.54, 1.807) is 36.4 Å². The van der Waals surface area contributed by atoms with Crippen LogP contribution in [0.4, 0.5) is 4.39 Å². The predicted molar refractivity (Wildman–Crippen MR) is 81.4 cm³/mol. The van der Waals surface area contributed by atoms with Crippen molar-refractivity contribution in [3.05, 3.63) is 53.8 Å². The van der Waals surface area contributed by atoms with Gasteiger partial charge in [-0.15, -0.1) is 0 Å². The molecule has 0 fully saturated rings. The van der Waals surface area contributed by atoms with Gasteiger partial charge in [-0.1, -0.05) is 12.1 Å². The zero-order chi connectivity index (χ0) is 16.1. The van der Waals surface area contributed by atoms with Gasteiger partial charge in [0, 0.05) is 12.1 Å². The number of hydrogen-bond acceptors (Lipinski definition) is 4. The maximum Gasteiger partial charge on any atom is 0.251 e. The monoisotopic (exact) mass is 317 g/mol. The summed E-state index contributed by atoms with van der Waals surface area (Å²) < 4.78 is 29.1. The Hall–Kier alpha value is -2.76. The average Bonchev–Trinajstić information content (AvgIpc) is 3.03. The third-order valence-electron chi connectivity index (χ3n) is 3.34. The Kier molecular flexibility index (Phi) is 4.61. The Morgan fingerprint density at radius 1 is 1.17 bits per heavy atom. The van der Waals surface area contributed by atoms with Gasteiger partial charge in [-0.05, 0) is 36.8 Å². The van der Waals surface area contributed by atoms with E-state index in [2.05, 4.69) is 5.32 Å². The van der Waals surface area contributed by atoms with Crippen LogP contribution in [0.25, 0.3) is 0 Å². The van der Waals surface area contributed by atoms with Crippen LogP contribution in [0.15, 0.2) is 42.5 Å². The first-order valence-electron chi connectivity index (χ1n) is 7.29. The summed E-state index contributed by atoms with van der Waals surface area (Å²) >= 11 is 0. The Labute approximate surface area is 133 Å². The second-order valence-corrected chi connectivity index (χ2v) is 4.96. The number of hydrogen-bond donors (Lipinski definition) is 1. The number of benzene rings is 2. The van der Waals surface area contributed by atoms with E-state index in [9.17, 15) is 9.18 Å². The highest BCUT2D eigenvalue weighted by Crippen LogP contribution is 2.32. The molecule has 0 bridgehead atoms. The molecule has 0 aromatic heterocycles. The van der Waals surface area contributed by atoms with E-state index in [-0.39, 0.29) is 18.4 Å². The highest BCUT2D eigenvalue weighted by Gasteiger charge is 2.15. The third-order valence-corrected chi connectivity index (χ3v) is 3.34. The molecule has 0 aliphatic carbocycles. The molecular weight excluding hydrogens is 301 g/mol. The van der Waals surface area contributed by atoms with Crippen molar-refractivity contribution >= 4 is 5.91 Å². The van der Waals surface area contributed by atoms with Crippen molar-refractivity contribution in [2.45, 2.75) is 6.42 Å². The van der Waals surface area contributed by atoms with Crippen LogP contribution >= 0.6 is 0 Å². The number of nitrogens with one attached hydrogen (secondary N) is 1. The molecule has 3 rings (SSSR count). The summed E-state index contributed by atoms with van der Waals surface area (Å²) in [4.78, 5) is 12.0. The molecule has 0 spiro atoms. The number of carbonyl (C=O) groups is 1. The molecule has 0 atom stereocenters. The molecule has 1 amide bonds. The maximum absolute atomic E-state index is 13.3. The first kappa shape index (κ1) is 15.1. The zero-order valence-electron chi connectivity index (χ0n) is 12.4. The molecule has 6 heteroatoms. The molecule has 1 aliphatic heterocycles. The van der Waals surface area contributed by atoms with Gasteiger partial charge >= 0.3 is 0 Å². The Morgan fingerprint density at radius 3 is 2.87 bits per heavy atom. The second-order valence-electron chi connectivity index (χ2n) is 4.96. The highest BCUT2D eigenvalue weighted by atomic mass is 19.1. The second kappa shape index (κ2) is 7.00. The van der Waals surface area contributed by atoms with Crippen molar-refractivity contribution in [2.75, 3.05) is 19.9 Å². The number of para-hydroxylation sites is 1. The van der Waals surface area contributed by atoms with Gasteiger partial charge in [0.2, 0.25) is 6.79 Å². The summed E-state index contributed by atoms with van der Waals surface area (Å²) in [6.45, 7) is 0.928. The number of fused-ring (bicyclic) bond motifs is 1. The van der Waals surface area contributed by atoms with Gasteiger partial charge in [0.05, 0.1) is 6.61 Å². The molecule has 0 unspecified atom stereocenters. The summed E-state index contributed by atoms with van der Waals surface area (Å²) in [5.74, 6) is 0.834. The summed E-state index contributed by atoms with van der Waals surface area (Å²) in [6.07, 6.45) is 0.574. The van der Waals surface area contributed by atoms with E-state index in [4.69, 9.17) is 14.2 Å². The van der Waals surface area contributed by atoms with Gasteiger partial charge < -0.3 is 19.5 Å². The SMILES string of the molecule is O=C(NCCCOc1ccccc1F)c1ccc2c(c1)OCO2. The lowest BCUT2D eigenvalue weighted by Gasteiger charge is -2.08. The normalized spacial score (nSPS) is 12.0. The van der Waals surface area contributed by atoms with Crippen LogP contribution in [-0.2, 0) is 0 Å². The lowest BCUT2D eigenvalue weighted by Crippen LogP contribution is -2.25. The minimum absolute atomic E-state index is 0.174. The molecule has 23 heavy (non-hydrogen) atoms. The summed E-state index contributed by atoms with van der Waals surface area (Å²) in [6, 6.07) is 11.3. The molecule has 1 N–H and O–H groups in total. The highest BCUT2D eigenvalue weighted by molar-refractivity contribution is 5.94. The molecule has 0 saturated heterocycles. The van der Waals surface area contributed by atoms with E-state index in [1.807, 2.05) is 0 Å². The molecule has 5 nitrogen and oxygen atoms in total. The molecule has 2 aromatic carbocycles. The van der Waals surface area contributed by atoms with Crippen LogP contribution in [0.1, 0.15) is 16.8 Å². The molecule has 120 valence electrons. The number of carbonyl (C=O) groups excluding carboxylic acids is 1. The third kappa shape index (κ3) is 3.71. The van der Waals surface area contributed by atoms with E-state index < -0.39 is 5.82 Å². The zero-order valence-corrected chi connectivity index (χ0v) is 12.4. The van der Waals surface area contributed by atoms with Crippen molar-refractivity contribution in [3.63, 3.8) is 0 Å². The molecule has 1 aliphatic rings. The van der Waals surface area contributed by atoms with Crippen molar-refractivity contribution < 1.29 is 23.4 Å². The average molecular weight is 317 g/mol. The summed E-state index contributed by atoms with van der Waals surface area (Å²) in [7, 11) is 0. The Bertz CT molecular complexity index is 705. The number of rotatable bonds is 6.